The number of hydrogen-bond donors (Lipinski definition) is 2. The number of pyridine rings is 1. The normalized spacial score (nSPS) is 27.2. The summed E-state index contributed by atoms with van der Waals surface area (Å²) in [6.07, 6.45) is 5.62. The number of nitrogens with one attached hydrogen (secondary N) is 1. The Hall–Kier alpha value is -2.11. The van der Waals surface area contributed by atoms with Crippen molar-refractivity contribution >= 4 is 28.3 Å². The van der Waals surface area contributed by atoms with Crippen LogP contribution in [-0.4, -0.2) is 46.4 Å². The Balaban J connectivity index is 0.000000659. The van der Waals surface area contributed by atoms with Crippen LogP contribution >= 0.6 is 12.2 Å². The van der Waals surface area contributed by atoms with Gasteiger partial charge in [-0.2, -0.15) is 0 Å². The Labute approximate surface area is 165 Å². The number of fused-ring (bicyclic) bond motifs is 4. The predicted octanol–water partition coefficient (Wildman–Crippen LogP) is 3.84. The van der Waals surface area contributed by atoms with E-state index in [0.29, 0.717) is 11.8 Å². The van der Waals surface area contributed by atoms with Crippen molar-refractivity contribution in [3.8, 4) is 5.75 Å². The summed E-state index contributed by atoms with van der Waals surface area (Å²) in [6, 6.07) is 7.96. The molecule has 3 aliphatic heterocycles. The summed E-state index contributed by atoms with van der Waals surface area (Å²) in [7, 11) is 1.66. The van der Waals surface area contributed by atoms with Crippen molar-refractivity contribution in [3.05, 3.63) is 48.7 Å². The van der Waals surface area contributed by atoms with Crippen LogP contribution in [0.4, 0.5) is 0 Å². The Morgan fingerprint density at radius 1 is 1.48 bits per heavy atom. The molecule has 1 aromatic heterocycles. The van der Waals surface area contributed by atoms with Crippen LogP contribution in [0.2, 0.25) is 0 Å². The van der Waals surface area contributed by atoms with E-state index in [9.17, 15) is 5.11 Å². The van der Waals surface area contributed by atoms with Gasteiger partial charge in [0.25, 0.3) is 0 Å². The Morgan fingerprint density at radius 3 is 2.89 bits per heavy atom. The van der Waals surface area contributed by atoms with Crippen molar-refractivity contribution in [3.63, 3.8) is 0 Å². The standard InChI is InChI=1S/C20H24N2O2.CHNS/c1-3-13-12-22-9-7-14(13)10-19(22)20(23)16-6-8-21-18-5-4-15(24-2)11-17(16)18;2-1-3/h3-6,8,11,13-14,19-20,23H,1,7,9-10,12H2,2H3;2H/t13-,14?,19-,20?;/m1./s1. The number of thiocarbonyl (C=S) groups is 1. The van der Waals surface area contributed by atoms with Gasteiger partial charge in [-0.3, -0.25) is 9.88 Å². The summed E-state index contributed by atoms with van der Waals surface area (Å²) in [6.45, 7) is 6.07. The average molecular weight is 384 g/mol. The molecule has 0 spiro atoms. The number of methoxy groups -OCH3 is 1. The fourth-order valence-electron chi connectivity index (χ4n) is 4.44. The SMILES string of the molecule is C=C[C@@H]1CN2CCC1C[C@@H]2C(O)c1ccnc2ccc(OC)cc12.N=C=S. The number of benzene rings is 1. The first kappa shape index (κ1) is 19.6. The minimum atomic E-state index is -0.504. The number of aliphatic hydroxyl groups is 1. The summed E-state index contributed by atoms with van der Waals surface area (Å²) in [5.41, 5.74) is 1.85. The third kappa shape index (κ3) is 3.94. The number of nitrogens with zero attached hydrogens (tertiary/aromatic N) is 2. The molecular weight excluding hydrogens is 358 g/mol. The highest BCUT2D eigenvalue weighted by atomic mass is 32.1. The smallest absolute Gasteiger partial charge is 0.119 e. The number of isothiocyanates is 1. The van der Waals surface area contributed by atoms with E-state index < -0.39 is 6.10 Å². The maximum Gasteiger partial charge on any atom is 0.119 e. The van der Waals surface area contributed by atoms with Crippen LogP contribution in [-0.2, 0) is 0 Å². The van der Waals surface area contributed by atoms with E-state index in [0.717, 1.165) is 41.7 Å². The van der Waals surface area contributed by atoms with Crippen LogP contribution in [0.25, 0.3) is 10.9 Å². The van der Waals surface area contributed by atoms with Crippen LogP contribution in [0, 0.1) is 17.2 Å². The minimum absolute atomic E-state index is 0.178. The monoisotopic (exact) mass is 383 g/mol. The van der Waals surface area contributed by atoms with E-state index in [1.807, 2.05) is 24.3 Å². The van der Waals surface area contributed by atoms with Gasteiger partial charge in [-0.05, 0) is 73.3 Å². The quantitative estimate of drug-likeness (QED) is 0.477. The lowest BCUT2D eigenvalue weighted by Gasteiger charge is -2.50. The molecule has 5 nitrogen and oxygen atoms in total. The summed E-state index contributed by atoms with van der Waals surface area (Å²) < 4.78 is 5.35. The Kier molecular flexibility index (Phi) is 6.34. The van der Waals surface area contributed by atoms with Gasteiger partial charge in [0.2, 0.25) is 0 Å². The molecule has 4 heterocycles. The zero-order valence-electron chi connectivity index (χ0n) is 15.5. The summed E-state index contributed by atoms with van der Waals surface area (Å²) >= 11 is 3.81. The zero-order chi connectivity index (χ0) is 19.4. The molecule has 142 valence electrons. The molecule has 3 unspecified atom stereocenters. The first-order valence-corrected chi connectivity index (χ1v) is 9.55. The lowest BCUT2D eigenvalue weighted by Crippen LogP contribution is -2.54. The van der Waals surface area contributed by atoms with E-state index in [4.69, 9.17) is 10.1 Å². The van der Waals surface area contributed by atoms with Crippen molar-refractivity contribution in [2.24, 2.45) is 11.8 Å². The average Bonchev–Trinajstić information content (AvgIpc) is 2.73. The van der Waals surface area contributed by atoms with Crippen LogP contribution < -0.4 is 4.74 Å². The molecule has 3 saturated heterocycles. The molecule has 0 amide bonds. The molecule has 2 N–H and O–H groups in total. The van der Waals surface area contributed by atoms with E-state index in [2.05, 4.69) is 34.8 Å². The van der Waals surface area contributed by atoms with Gasteiger partial charge in [-0.1, -0.05) is 6.08 Å². The largest absolute Gasteiger partial charge is 0.497 e. The molecule has 3 fully saturated rings. The second-order valence-corrected chi connectivity index (χ2v) is 7.28. The van der Waals surface area contributed by atoms with Gasteiger partial charge in [-0.15, -0.1) is 6.58 Å². The van der Waals surface area contributed by atoms with E-state index in [-0.39, 0.29) is 6.04 Å². The third-order valence-corrected chi connectivity index (χ3v) is 5.82. The number of hydrogen-bond acceptors (Lipinski definition) is 6. The van der Waals surface area contributed by atoms with Gasteiger partial charge in [0, 0.05) is 24.2 Å². The molecule has 6 heteroatoms. The molecule has 0 aliphatic carbocycles. The molecule has 0 saturated carbocycles. The maximum atomic E-state index is 11.2. The van der Waals surface area contributed by atoms with Crippen LogP contribution in [0.15, 0.2) is 43.1 Å². The van der Waals surface area contributed by atoms with Gasteiger partial charge in [0.05, 0.1) is 23.9 Å². The Morgan fingerprint density at radius 2 is 2.26 bits per heavy atom. The summed E-state index contributed by atoms with van der Waals surface area (Å²) in [5.74, 6) is 2.01. The first-order valence-electron chi connectivity index (χ1n) is 9.14. The molecule has 2 bridgehead atoms. The van der Waals surface area contributed by atoms with Gasteiger partial charge in [0.15, 0.2) is 0 Å². The lowest BCUT2D eigenvalue weighted by atomic mass is 9.73. The molecule has 1 aromatic carbocycles. The number of piperidine rings is 3. The molecule has 3 aliphatic rings. The lowest BCUT2D eigenvalue weighted by molar-refractivity contribution is -0.0444. The van der Waals surface area contributed by atoms with Crippen LogP contribution in [0.5, 0.6) is 5.75 Å². The van der Waals surface area contributed by atoms with E-state index in [1.54, 1.807) is 18.5 Å². The topological polar surface area (TPSA) is 69.4 Å². The van der Waals surface area contributed by atoms with Gasteiger partial charge < -0.3 is 9.84 Å². The van der Waals surface area contributed by atoms with Crippen molar-refractivity contribution in [2.75, 3.05) is 20.2 Å². The van der Waals surface area contributed by atoms with Crippen LogP contribution in [0.3, 0.4) is 0 Å². The molecule has 5 atom stereocenters. The number of ether oxygens (including phenoxy) is 1. The number of rotatable bonds is 4. The molecule has 0 radical (unpaired) electrons. The predicted molar refractivity (Wildman–Crippen MR) is 110 cm³/mol. The molecule has 27 heavy (non-hydrogen) atoms. The summed E-state index contributed by atoms with van der Waals surface area (Å²) in [4.78, 5) is 6.86. The zero-order valence-corrected chi connectivity index (χ0v) is 16.3. The van der Waals surface area contributed by atoms with E-state index >= 15 is 0 Å². The highest BCUT2D eigenvalue weighted by Crippen LogP contribution is 2.42. The maximum absolute atomic E-state index is 11.2. The van der Waals surface area contributed by atoms with Gasteiger partial charge in [0.1, 0.15) is 5.75 Å². The number of aromatic nitrogens is 1. The number of aliphatic hydroxyl groups excluding tert-OH is 1. The van der Waals surface area contributed by atoms with Gasteiger partial charge in [-0.25, -0.2) is 5.41 Å². The first-order chi connectivity index (χ1) is 13.1. The van der Waals surface area contributed by atoms with Crippen molar-refractivity contribution in [1.82, 2.24) is 9.88 Å². The second kappa shape index (κ2) is 8.72. The van der Waals surface area contributed by atoms with Crippen molar-refractivity contribution < 1.29 is 9.84 Å². The fourth-order valence-corrected chi connectivity index (χ4v) is 4.44. The Bertz CT molecular complexity index is 850. The summed E-state index contributed by atoms with van der Waals surface area (Å²) in [5, 5.41) is 19.5. The second-order valence-electron chi connectivity index (χ2n) is 7.08. The molecular formula is C21H25N3O2S. The molecule has 2 aromatic rings. The minimum Gasteiger partial charge on any atom is -0.497 e. The van der Waals surface area contributed by atoms with Crippen molar-refractivity contribution in [1.29, 1.82) is 5.41 Å². The van der Waals surface area contributed by atoms with Gasteiger partial charge >= 0.3 is 0 Å². The fraction of sp³-hybridized carbons (Fsp3) is 0.429. The van der Waals surface area contributed by atoms with E-state index in [1.165, 1.54) is 6.42 Å². The highest BCUT2D eigenvalue weighted by molar-refractivity contribution is 7.78. The third-order valence-electron chi connectivity index (χ3n) is 5.82. The van der Waals surface area contributed by atoms with Crippen molar-refractivity contribution in [2.45, 2.75) is 25.0 Å². The van der Waals surface area contributed by atoms with Crippen LogP contribution in [0.1, 0.15) is 24.5 Å². The molecule has 5 rings (SSSR count). The highest BCUT2D eigenvalue weighted by Gasteiger charge is 2.42.